The zero-order chi connectivity index (χ0) is 13.7. The Hall–Kier alpha value is -1.81. The second kappa shape index (κ2) is 6.38. The lowest BCUT2D eigenvalue weighted by molar-refractivity contribution is 0.258. The van der Waals surface area contributed by atoms with Gasteiger partial charge in [0.25, 0.3) is 0 Å². The van der Waals surface area contributed by atoms with E-state index >= 15 is 0 Å². The zero-order valence-corrected chi connectivity index (χ0v) is 11.2. The van der Waals surface area contributed by atoms with Gasteiger partial charge in [-0.25, -0.2) is 4.39 Å². The normalized spacial score (nSPS) is 12.4. The molecule has 1 aromatic carbocycles. The van der Waals surface area contributed by atoms with E-state index in [9.17, 15) is 4.39 Å². The Kier molecular flexibility index (Phi) is 4.58. The highest BCUT2D eigenvalue weighted by atomic mass is 19.1. The van der Waals surface area contributed by atoms with Crippen LogP contribution < -0.4 is 10.1 Å². The van der Waals surface area contributed by atoms with E-state index in [2.05, 4.69) is 5.32 Å². The van der Waals surface area contributed by atoms with Gasteiger partial charge >= 0.3 is 0 Å². The lowest BCUT2D eigenvalue weighted by atomic mass is 10.1. The van der Waals surface area contributed by atoms with Crippen LogP contribution in [-0.2, 0) is 6.61 Å². The van der Waals surface area contributed by atoms with Crippen LogP contribution in [0.15, 0.2) is 41.0 Å². The van der Waals surface area contributed by atoms with E-state index in [4.69, 9.17) is 9.15 Å². The van der Waals surface area contributed by atoms with Crippen LogP contribution in [0.25, 0.3) is 0 Å². The van der Waals surface area contributed by atoms with E-state index in [1.807, 2.05) is 19.9 Å². The minimum Gasteiger partial charge on any atom is -0.483 e. The van der Waals surface area contributed by atoms with E-state index in [-0.39, 0.29) is 24.2 Å². The maximum Gasteiger partial charge on any atom is 0.165 e. The number of benzene rings is 1. The molecule has 1 heterocycles. The first-order valence-electron chi connectivity index (χ1n) is 6.38. The molecule has 0 fully saturated rings. The van der Waals surface area contributed by atoms with Gasteiger partial charge in [0.1, 0.15) is 12.4 Å². The summed E-state index contributed by atoms with van der Waals surface area (Å²) in [5.41, 5.74) is 0.907. The highest BCUT2D eigenvalue weighted by molar-refractivity contribution is 5.31. The van der Waals surface area contributed by atoms with Crippen molar-refractivity contribution >= 4 is 0 Å². The summed E-state index contributed by atoms with van der Waals surface area (Å²) in [5.74, 6) is 0.558. The molecule has 2 aromatic rings. The van der Waals surface area contributed by atoms with E-state index < -0.39 is 0 Å². The summed E-state index contributed by atoms with van der Waals surface area (Å²) < 4.78 is 24.4. The minimum atomic E-state index is -0.353. The van der Waals surface area contributed by atoms with Crippen molar-refractivity contribution in [3.05, 3.63) is 53.7 Å². The van der Waals surface area contributed by atoms with Crippen molar-refractivity contribution < 1.29 is 13.5 Å². The maximum absolute atomic E-state index is 13.9. The lowest BCUT2D eigenvalue weighted by Gasteiger charge is -2.14. The van der Waals surface area contributed by atoms with Gasteiger partial charge < -0.3 is 14.5 Å². The fourth-order valence-electron chi connectivity index (χ4n) is 1.87. The smallest absolute Gasteiger partial charge is 0.165 e. The van der Waals surface area contributed by atoms with Gasteiger partial charge in [0.2, 0.25) is 0 Å². The molecule has 1 aromatic heterocycles. The Morgan fingerprint density at radius 1 is 1.37 bits per heavy atom. The summed E-state index contributed by atoms with van der Waals surface area (Å²) in [5, 5.41) is 3.24. The molecule has 0 radical (unpaired) electrons. The standard InChI is InChI=1S/C15H18FNO2/c1-3-17-11(2)12-6-7-15(14(16)9-12)19-10-13-5-4-8-18-13/h4-9,11,17H,3,10H2,1-2H3. The van der Waals surface area contributed by atoms with E-state index in [1.54, 1.807) is 24.5 Å². The maximum atomic E-state index is 13.9. The van der Waals surface area contributed by atoms with Crippen LogP contribution in [0, 0.1) is 5.82 Å². The number of furan rings is 1. The third-order valence-electron chi connectivity index (χ3n) is 2.92. The van der Waals surface area contributed by atoms with Crippen molar-refractivity contribution in [3.63, 3.8) is 0 Å². The summed E-state index contributed by atoms with van der Waals surface area (Å²) in [6.07, 6.45) is 1.57. The largest absolute Gasteiger partial charge is 0.483 e. The number of nitrogens with one attached hydrogen (secondary N) is 1. The van der Waals surface area contributed by atoms with Crippen molar-refractivity contribution in [3.8, 4) is 5.75 Å². The minimum absolute atomic E-state index is 0.124. The first kappa shape index (κ1) is 13.6. The first-order chi connectivity index (χ1) is 9.20. The predicted octanol–water partition coefficient (Wildman–Crippen LogP) is 3.67. The molecule has 4 heteroatoms. The SMILES string of the molecule is CCNC(C)c1ccc(OCc2ccco2)c(F)c1. The van der Waals surface area contributed by atoms with Crippen molar-refractivity contribution in [2.24, 2.45) is 0 Å². The summed E-state index contributed by atoms with van der Waals surface area (Å²) in [6.45, 7) is 5.10. The van der Waals surface area contributed by atoms with Gasteiger partial charge in [-0.3, -0.25) is 0 Å². The van der Waals surface area contributed by atoms with Gasteiger partial charge in [-0.15, -0.1) is 0 Å². The molecular weight excluding hydrogens is 245 g/mol. The molecule has 1 atom stereocenters. The fourth-order valence-corrected chi connectivity index (χ4v) is 1.87. The summed E-state index contributed by atoms with van der Waals surface area (Å²) >= 11 is 0. The molecule has 0 aliphatic heterocycles. The van der Waals surface area contributed by atoms with Gasteiger partial charge in [-0.05, 0) is 43.3 Å². The molecule has 0 bridgehead atoms. The van der Waals surface area contributed by atoms with Crippen molar-refractivity contribution in [2.75, 3.05) is 6.54 Å². The highest BCUT2D eigenvalue weighted by Crippen LogP contribution is 2.23. The third-order valence-corrected chi connectivity index (χ3v) is 2.92. The molecule has 0 saturated heterocycles. The Morgan fingerprint density at radius 3 is 2.84 bits per heavy atom. The first-order valence-corrected chi connectivity index (χ1v) is 6.38. The van der Waals surface area contributed by atoms with Crippen LogP contribution in [0.1, 0.15) is 31.2 Å². The number of halogens is 1. The molecule has 1 N–H and O–H groups in total. The van der Waals surface area contributed by atoms with Gasteiger partial charge in [-0.1, -0.05) is 13.0 Å². The molecule has 0 saturated carbocycles. The van der Waals surface area contributed by atoms with Gasteiger partial charge in [0.15, 0.2) is 11.6 Å². The van der Waals surface area contributed by atoms with Crippen LogP contribution in [-0.4, -0.2) is 6.54 Å². The summed E-state index contributed by atoms with van der Waals surface area (Å²) in [4.78, 5) is 0. The molecule has 0 aliphatic rings. The zero-order valence-electron chi connectivity index (χ0n) is 11.2. The topological polar surface area (TPSA) is 34.4 Å². The van der Waals surface area contributed by atoms with Crippen LogP contribution in [0.5, 0.6) is 5.75 Å². The summed E-state index contributed by atoms with van der Waals surface area (Å²) in [6, 6.07) is 8.72. The molecule has 0 spiro atoms. The Balaban J connectivity index is 2.02. The summed E-state index contributed by atoms with van der Waals surface area (Å²) in [7, 11) is 0. The number of rotatable bonds is 6. The predicted molar refractivity (Wildman–Crippen MR) is 71.5 cm³/mol. The van der Waals surface area contributed by atoms with Crippen LogP contribution in [0.3, 0.4) is 0 Å². The fraction of sp³-hybridized carbons (Fsp3) is 0.333. The van der Waals surface area contributed by atoms with Crippen molar-refractivity contribution in [2.45, 2.75) is 26.5 Å². The average Bonchev–Trinajstić information content (AvgIpc) is 2.90. The number of hydrogen-bond acceptors (Lipinski definition) is 3. The quantitative estimate of drug-likeness (QED) is 0.863. The molecular formula is C15H18FNO2. The number of ether oxygens (including phenoxy) is 1. The monoisotopic (exact) mass is 263 g/mol. The van der Waals surface area contributed by atoms with Gasteiger partial charge in [-0.2, -0.15) is 0 Å². The van der Waals surface area contributed by atoms with E-state index in [0.717, 1.165) is 12.1 Å². The lowest BCUT2D eigenvalue weighted by Crippen LogP contribution is -2.17. The molecule has 0 aliphatic carbocycles. The second-order valence-corrected chi connectivity index (χ2v) is 4.34. The van der Waals surface area contributed by atoms with E-state index in [0.29, 0.717) is 5.76 Å². The average molecular weight is 263 g/mol. The van der Waals surface area contributed by atoms with Gasteiger partial charge in [0, 0.05) is 6.04 Å². The molecule has 102 valence electrons. The highest BCUT2D eigenvalue weighted by Gasteiger charge is 2.09. The second-order valence-electron chi connectivity index (χ2n) is 4.34. The molecule has 3 nitrogen and oxygen atoms in total. The van der Waals surface area contributed by atoms with Crippen LogP contribution in [0.2, 0.25) is 0 Å². The molecule has 19 heavy (non-hydrogen) atoms. The third kappa shape index (κ3) is 3.58. The Morgan fingerprint density at radius 2 is 2.21 bits per heavy atom. The molecule has 0 amide bonds. The van der Waals surface area contributed by atoms with Crippen LogP contribution in [0.4, 0.5) is 4.39 Å². The van der Waals surface area contributed by atoms with E-state index in [1.165, 1.54) is 6.07 Å². The Bertz CT molecular complexity index is 511. The number of hydrogen-bond donors (Lipinski definition) is 1. The Labute approximate surface area is 112 Å². The van der Waals surface area contributed by atoms with Gasteiger partial charge in [0.05, 0.1) is 6.26 Å². The van der Waals surface area contributed by atoms with Crippen molar-refractivity contribution in [1.29, 1.82) is 0 Å². The molecule has 2 rings (SSSR count). The van der Waals surface area contributed by atoms with Crippen LogP contribution >= 0.6 is 0 Å². The van der Waals surface area contributed by atoms with Crippen molar-refractivity contribution in [1.82, 2.24) is 5.32 Å². The molecule has 1 unspecified atom stereocenters.